The van der Waals surface area contributed by atoms with E-state index in [1.165, 1.54) is 11.8 Å². The number of fused-ring (bicyclic) bond motifs is 4. The minimum atomic E-state index is -0.916. The van der Waals surface area contributed by atoms with Crippen molar-refractivity contribution in [3.8, 4) is 5.75 Å². The summed E-state index contributed by atoms with van der Waals surface area (Å²) in [4.78, 5) is 37.5. The molecule has 3 amide bonds. The SMILES string of the molecule is CC(=O)NCCN1C(=O)C(C(N)=O)C2CC1(C)Oc1ccccc12. The Bertz CT molecular complexity index is 705. The number of nitrogens with two attached hydrogens (primary N) is 1. The molecule has 3 N–H and O–H groups in total. The number of nitrogens with zero attached hydrogens (tertiary/aromatic N) is 1. The van der Waals surface area contributed by atoms with E-state index in [9.17, 15) is 14.4 Å². The van der Waals surface area contributed by atoms with E-state index < -0.39 is 17.6 Å². The van der Waals surface area contributed by atoms with Crippen LogP contribution in [0.3, 0.4) is 0 Å². The Hall–Kier alpha value is -2.57. The molecule has 128 valence electrons. The van der Waals surface area contributed by atoms with Crippen molar-refractivity contribution in [1.82, 2.24) is 10.2 Å². The Labute approximate surface area is 140 Å². The predicted octanol–water partition coefficient (Wildman–Crippen LogP) is 0.349. The molecule has 3 rings (SSSR count). The lowest BCUT2D eigenvalue weighted by atomic mass is 9.73. The number of benzene rings is 1. The van der Waals surface area contributed by atoms with E-state index in [4.69, 9.17) is 10.5 Å². The summed E-state index contributed by atoms with van der Waals surface area (Å²) in [5, 5.41) is 2.66. The number of likely N-dealkylation sites (tertiary alicyclic amines) is 1. The Balaban J connectivity index is 1.97. The second-order valence-corrected chi connectivity index (χ2v) is 6.48. The molecule has 7 nitrogen and oxygen atoms in total. The first-order valence-corrected chi connectivity index (χ1v) is 7.96. The number of carbonyl (C=O) groups excluding carboxylic acids is 3. The lowest BCUT2D eigenvalue weighted by Gasteiger charge is -2.52. The van der Waals surface area contributed by atoms with Gasteiger partial charge in [0.25, 0.3) is 0 Å². The average Bonchev–Trinajstić information content (AvgIpc) is 2.49. The number of carbonyl (C=O) groups is 3. The van der Waals surface area contributed by atoms with E-state index in [0.29, 0.717) is 12.2 Å². The van der Waals surface area contributed by atoms with Gasteiger partial charge in [-0.1, -0.05) is 18.2 Å². The molecule has 0 spiro atoms. The quantitative estimate of drug-likeness (QED) is 0.777. The van der Waals surface area contributed by atoms with Gasteiger partial charge in [-0.25, -0.2) is 0 Å². The Kier molecular flexibility index (Phi) is 3.95. The van der Waals surface area contributed by atoms with Crippen molar-refractivity contribution in [1.29, 1.82) is 0 Å². The topological polar surface area (TPSA) is 102 Å². The van der Waals surface area contributed by atoms with Gasteiger partial charge < -0.3 is 20.7 Å². The van der Waals surface area contributed by atoms with E-state index in [2.05, 4.69) is 5.32 Å². The molecule has 3 unspecified atom stereocenters. The summed E-state index contributed by atoms with van der Waals surface area (Å²) >= 11 is 0. The molecule has 0 aliphatic carbocycles. The van der Waals surface area contributed by atoms with Gasteiger partial charge in [0.2, 0.25) is 17.7 Å². The Morgan fingerprint density at radius 2 is 2.12 bits per heavy atom. The smallest absolute Gasteiger partial charge is 0.238 e. The number of para-hydroxylation sites is 1. The van der Waals surface area contributed by atoms with Crippen LogP contribution in [0.1, 0.15) is 31.7 Å². The van der Waals surface area contributed by atoms with E-state index in [1.807, 2.05) is 31.2 Å². The maximum absolute atomic E-state index is 12.9. The standard InChI is InChI=1S/C17H21N3O4/c1-10(21)19-7-8-20-16(23)14(15(18)22)12-9-17(20,2)24-13-6-4-3-5-11(12)13/h3-6,12,14H,7-9H2,1-2H3,(H2,18,22)(H,19,21). The number of amides is 3. The number of hydrogen-bond donors (Lipinski definition) is 2. The molecule has 0 saturated carbocycles. The molecule has 2 bridgehead atoms. The van der Waals surface area contributed by atoms with Crippen LogP contribution in [-0.4, -0.2) is 41.4 Å². The molecule has 1 fully saturated rings. The molecule has 24 heavy (non-hydrogen) atoms. The number of nitrogens with one attached hydrogen (secondary N) is 1. The van der Waals surface area contributed by atoms with Gasteiger partial charge in [0.1, 0.15) is 11.7 Å². The number of piperidine rings is 1. The maximum atomic E-state index is 12.9. The van der Waals surface area contributed by atoms with Crippen LogP contribution >= 0.6 is 0 Å². The zero-order valence-electron chi connectivity index (χ0n) is 13.7. The monoisotopic (exact) mass is 331 g/mol. The number of hydrogen-bond acceptors (Lipinski definition) is 4. The van der Waals surface area contributed by atoms with Crippen molar-refractivity contribution in [3.05, 3.63) is 29.8 Å². The van der Waals surface area contributed by atoms with Crippen LogP contribution < -0.4 is 15.8 Å². The largest absolute Gasteiger partial charge is 0.468 e. The molecule has 2 aliphatic rings. The molecule has 1 aromatic carbocycles. The van der Waals surface area contributed by atoms with Crippen LogP contribution in [0, 0.1) is 5.92 Å². The zero-order chi connectivity index (χ0) is 17.5. The van der Waals surface area contributed by atoms with Crippen molar-refractivity contribution >= 4 is 17.7 Å². The Morgan fingerprint density at radius 1 is 1.42 bits per heavy atom. The van der Waals surface area contributed by atoms with Gasteiger partial charge in [-0.05, 0) is 18.6 Å². The molecule has 1 saturated heterocycles. The van der Waals surface area contributed by atoms with Gasteiger partial charge in [-0.3, -0.25) is 14.4 Å². The molecule has 2 heterocycles. The van der Waals surface area contributed by atoms with E-state index in [0.717, 1.165) is 5.56 Å². The molecule has 0 radical (unpaired) electrons. The normalized spacial score (nSPS) is 27.9. The summed E-state index contributed by atoms with van der Waals surface area (Å²) in [6, 6.07) is 7.41. The van der Waals surface area contributed by atoms with Crippen molar-refractivity contribution < 1.29 is 19.1 Å². The van der Waals surface area contributed by atoms with E-state index in [-0.39, 0.29) is 30.8 Å². The third-order valence-electron chi connectivity index (χ3n) is 4.77. The van der Waals surface area contributed by atoms with Gasteiger partial charge in [0, 0.05) is 32.4 Å². The van der Waals surface area contributed by atoms with E-state index >= 15 is 0 Å². The average molecular weight is 331 g/mol. The highest BCUT2D eigenvalue weighted by atomic mass is 16.5. The summed E-state index contributed by atoms with van der Waals surface area (Å²) in [6.07, 6.45) is 0.490. The molecule has 1 aromatic rings. The molecule has 2 aliphatic heterocycles. The molecular formula is C17H21N3O4. The summed E-state index contributed by atoms with van der Waals surface area (Å²) in [5.41, 5.74) is 5.52. The fraction of sp³-hybridized carbons (Fsp3) is 0.471. The predicted molar refractivity (Wildman–Crippen MR) is 85.9 cm³/mol. The first kappa shape index (κ1) is 16.3. The number of ether oxygens (including phenoxy) is 1. The number of rotatable bonds is 4. The van der Waals surface area contributed by atoms with Crippen LogP contribution in [0.4, 0.5) is 0 Å². The fourth-order valence-corrected chi connectivity index (χ4v) is 3.72. The molecular weight excluding hydrogens is 310 g/mol. The summed E-state index contributed by atoms with van der Waals surface area (Å²) < 4.78 is 6.10. The van der Waals surface area contributed by atoms with Crippen LogP contribution in [0.2, 0.25) is 0 Å². The fourth-order valence-electron chi connectivity index (χ4n) is 3.72. The minimum absolute atomic E-state index is 0.177. The second kappa shape index (κ2) is 5.81. The second-order valence-electron chi connectivity index (χ2n) is 6.48. The van der Waals surface area contributed by atoms with Crippen molar-refractivity contribution in [2.24, 2.45) is 11.7 Å². The van der Waals surface area contributed by atoms with Crippen molar-refractivity contribution in [2.45, 2.75) is 31.9 Å². The highest BCUT2D eigenvalue weighted by Gasteiger charge is 2.55. The summed E-state index contributed by atoms with van der Waals surface area (Å²) in [6.45, 7) is 3.79. The van der Waals surface area contributed by atoms with Crippen LogP contribution in [0.5, 0.6) is 5.75 Å². The zero-order valence-corrected chi connectivity index (χ0v) is 13.7. The lowest BCUT2D eigenvalue weighted by Crippen LogP contribution is -2.65. The van der Waals surface area contributed by atoms with Crippen LogP contribution in [0.15, 0.2) is 24.3 Å². The first-order chi connectivity index (χ1) is 11.3. The highest BCUT2D eigenvalue weighted by molar-refractivity contribution is 6.01. The third kappa shape index (κ3) is 2.60. The molecule has 3 atom stereocenters. The van der Waals surface area contributed by atoms with Crippen molar-refractivity contribution in [3.63, 3.8) is 0 Å². The van der Waals surface area contributed by atoms with Gasteiger partial charge in [-0.15, -0.1) is 0 Å². The minimum Gasteiger partial charge on any atom is -0.468 e. The van der Waals surface area contributed by atoms with E-state index in [1.54, 1.807) is 0 Å². The highest BCUT2D eigenvalue weighted by Crippen LogP contribution is 2.49. The van der Waals surface area contributed by atoms with Gasteiger partial charge in [-0.2, -0.15) is 0 Å². The molecule has 7 heteroatoms. The van der Waals surface area contributed by atoms with Gasteiger partial charge in [0.15, 0.2) is 5.72 Å². The third-order valence-corrected chi connectivity index (χ3v) is 4.77. The summed E-state index contributed by atoms with van der Waals surface area (Å²) in [7, 11) is 0. The lowest BCUT2D eigenvalue weighted by molar-refractivity contribution is -0.175. The number of primary amides is 1. The van der Waals surface area contributed by atoms with Crippen LogP contribution in [0.25, 0.3) is 0 Å². The van der Waals surface area contributed by atoms with Crippen LogP contribution in [-0.2, 0) is 14.4 Å². The van der Waals surface area contributed by atoms with Gasteiger partial charge in [0.05, 0.1) is 0 Å². The van der Waals surface area contributed by atoms with Crippen molar-refractivity contribution in [2.75, 3.05) is 13.1 Å². The first-order valence-electron chi connectivity index (χ1n) is 7.96. The summed E-state index contributed by atoms with van der Waals surface area (Å²) in [5.74, 6) is -1.69. The molecule has 0 aromatic heterocycles. The Morgan fingerprint density at radius 3 is 2.79 bits per heavy atom. The van der Waals surface area contributed by atoms with Gasteiger partial charge >= 0.3 is 0 Å². The maximum Gasteiger partial charge on any atom is 0.238 e.